The highest BCUT2D eigenvalue weighted by molar-refractivity contribution is 7.14. The van der Waals surface area contributed by atoms with E-state index >= 15 is 0 Å². The van der Waals surface area contributed by atoms with Crippen LogP contribution in [0.3, 0.4) is 0 Å². The summed E-state index contributed by atoms with van der Waals surface area (Å²) in [5.74, 6) is 0. The Morgan fingerprint density at radius 1 is 1.53 bits per heavy atom. The first-order valence-corrected chi connectivity index (χ1v) is 6.45. The molecule has 0 saturated heterocycles. The van der Waals surface area contributed by atoms with Crippen LogP contribution in [0.2, 0.25) is 0 Å². The number of pyridine rings is 1. The first kappa shape index (κ1) is 11.9. The second-order valence-corrected chi connectivity index (χ2v) is 4.66. The minimum atomic E-state index is -0.0140. The van der Waals surface area contributed by atoms with E-state index in [1.54, 1.807) is 23.9 Å². The van der Waals surface area contributed by atoms with Crippen molar-refractivity contribution in [1.82, 2.24) is 9.55 Å². The third-order valence-electron chi connectivity index (χ3n) is 2.43. The first-order chi connectivity index (χ1) is 8.22. The van der Waals surface area contributed by atoms with Crippen LogP contribution in [-0.4, -0.2) is 16.1 Å². The molecule has 0 aliphatic heterocycles. The zero-order valence-corrected chi connectivity index (χ0v) is 10.8. The summed E-state index contributed by atoms with van der Waals surface area (Å²) in [4.78, 5) is 16.3. The Hall–Kier alpha value is -1.62. The Labute approximate surface area is 104 Å². The lowest BCUT2D eigenvalue weighted by atomic mass is 10.2. The Balaban J connectivity index is 2.31. The lowest BCUT2D eigenvalue weighted by molar-refractivity contribution is 0.862. The molecular formula is C12H15N3OS. The number of nitrogens with one attached hydrogen (secondary N) is 1. The van der Waals surface area contributed by atoms with Gasteiger partial charge in [-0.15, -0.1) is 11.3 Å². The van der Waals surface area contributed by atoms with Crippen molar-refractivity contribution in [1.29, 1.82) is 0 Å². The molecule has 0 saturated carbocycles. The normalized spacial score (nSPS) is 10.5. The van der Waals surface area contributed by atoms with Gasteiger partial charge < -0.3 is 9.88 Å². The topological polar surface area (TPSA) is 46.9 Å². The number of nitrogens with zero attached hydrogens (tertiary/aromatic N) is 2. The Morgan fingerprint density at radius 2 is 2.35 bits per heavy atom. The molecule has 17 heavy (non-hydrogen) atoms. The third-order valence-corrected chi connectivity index (χ3v) is 3.23. The summed E-state index contributed by atoms with van der Waals surface area (Å²) in [5.41, 5.74) is 1.38. The largest absolute Gasteiger partial charge is 0.362 e. The van der Waals surface area contributed by atoms with E-state index in [1.807, 2.05) is 11.4 Å². The number of aromatic nitrogens is 2. The van der Waals surface area contributed by atoms with Crippen molar-refractivity contribution >= 4 is 16.5 Å². The maximum atomic E-state index is 11.9. The number of hydrogen-bond donors (Lipinski definition) is 1. The molecule has 0 aromatic carbocycles. The number of aryl methyl sites for hydroxylation is 1. The summed E-state index contributed by atoms with van der Waals surface area (Å²) in [6.07, 6.45) is 2.80. The molecule has 0 amide bonds. The van der Waals surface area contributed by atoms with Gasteiger partial charge in [-0.05, 0) is 18.6 Å². The lowest BCUT2D eigenvalue weighted by Gasteiger charge is -2.00. The van der Waals surface area contributed by atoms with Crippen LogP contribution in [0.25, 0.3) is 11.3 Å². The van der Waals surface area contributed by atoms with Crippen molar-refractivity contribution < 1.29 is 0 Å². The number of rotatable bonds is 4. The van der Waals surface area contributed by atoms with Gasteiger partial charge in [-0.1, -0.05) is 6.92 Å². The monoisotopic (exact) mass is 249 g/mol. The maximum absolute atomic E-state index is 11.9. The summed E-state index contributed by atoms with van der Waals surface area (Å²) in [6, 6.07) is 3.66. The van der Waals surface area contributed by atoms with Crippen LogP contribution >= 0.6 is 11.3 Å². The molecule has 5 heteroatoms. The van der Waals surface area contributed by atoms with E-state index in [0.29, 0.717) is 5.56 Å². The second kappa shape index (κ2) is 5.14. The molecule has 0 atom stereocenters. The predicted molar refractivity (Wildman–Crippen MR) is 71.6 cm³/mol. The average molecular weight is 249 g/mol. The van der Waals surface area contributed by atoms with E-state index in [9.17, 15) is 4.79 Å². The van der Waals surface area contributed by atoms with Crippen molar-refractivity contribution in [2.45, 2.75) is 13.3 Å². The van der Waals surface area contributed by atoms with Gasteiger partial charge >= 0.3 is 0 Å². The summed E-state index contributed by atoms with van der Waals surface area (Å²) >= 11 is 1.53. The molecule has 2 aromatic rings. The molecule has 2 aromatic heterocycles. The van der Waals surface area contributed by atoms with Crippen molar-refractivity contribution in [3.05, 3.63) is 34.1 Å². The molecule has 90 valence electrons. The van der Waals surface area contributed by atoms with E-state index in [2.05, 4.69) is 17.2 Å². The molecule has 4 nitrogen and oxygen atoms in total. The number of thiazole rings is 1. The van der Waals surface area contributed by atoms with Gasteiger partial charge in [-0.25, -0.2) is 4.98 Å². The van der Waals surface area contributed by atoms with Gasteiger partial charge in [0.25, 0.3) is 5.56 Å². The fraction of sp³-hybridized carbons (Fsp3) is 0.333. The summed E-state index contributed by atoms with van der Waals surface area (Å²) in [7, 11) is 1.74. The summed E-state index contributed by atoms with van der Waals surface area (Å²) < 4.78 is 1.56. The molecule has 0 unspecified atom stereocenters. The van der Waals surface area contributed by atoms with E-state index in [1.165, 1.54) is 11.3 Å². The Kier molecular flexibility index (Phi) is 3.58. The fourth-order valence-electron chi connectivity index (χ4n) is 1.50. The highest BCUT2D eigenvalue weighted by atomic mass is 32.1. The minimum absolute atomic E-state index is 0.0140. The van der Waals surface area contributed by atoms with E-state index < -0.39 is 0 Å². The highest BCUT2D eigenvalue weighted by Gasteiger charge is 2.08. The number of hydrogen-bond acceptors (Lipinski definition) is 4. The van der Waals surface area contributed by atoms with E-state index in [4.69, 9.17) is 0 Å². The van der Waals surface area contributed by atoms with Gasteiger partial charge in [0.2, 0.25) is 0 Å². The predicted octanol–water partition coefficient (Wildman–Crippen LogP) is 2.33. The van der Waals surface area contributed by atoms with Gasteiger partial charge in [-0.3, -0.25) is 4.79 Å². The van der Waals surface area contributed by atoms with Crippen molar-refractivity contribution in [3.63, 3.8) is 0 Å². The van der Waals surface area contributed by atoms with Crippen LogP contribution < -0.4 is 10.9 Å². The molecule has 0 radical (unpaired) electrons. The molecule has 0 aliphatic rings. The van der Waals surface area contributed by atoms with Gasteiger partial charge in [0.1, 0.15) is 0 Å². The van der Waals surface area contributed by atoms with Gasteiger partial charge in [0.05, 0.1) is 11.3 Å². The molecule has 0 fully saturated rings. The van der Waals surface area contributed by atoms with Crippen LogP contribution in [0.15, 0.2) is 28.5 Å². The second-order valence-electron chi connectivity index (χ2n) is 3.80. The SMILES string of the molecule is CCCNc1nc(-c2cccn(C)c2=O)cs1. The molecule has 1 N–H and O–H groups in total. The van der Waals surface area contributed by atoms with E-state index in [-0.39, 0.29) is 5.56 Å². The van der Waals surface area contributed by atoms with Gasteiger partial charge in [-0.2, -0.15) is 0 Å². The summed E-state index contributed by atoms with van der Waals surface area (Å²) in [5, 5.41) is 6.00. The van der Waals surface area contributed by atoms with Gasteiger partial charge in [0, 0.05) is 25.2 Å². The summed E-state index contributed by atoms with van der Waals surface area (Å²) in [6.45, 7) is 3.01. The first-order valence-electron chi connectivity index (χ1n) is 5.57. The van der Waals surface area contributed by atoms with Gasteiger partial charge in [0.15, 0.2) is 5.13 Å². The van der Waals surface area contributed by atoms with Crippen LogP contribution in [0.1, 0.15) is 13.3 Å². The average Bonchev–Trinajstić information content (AvgIpc) is 2.78. The van der Waals surface area contributed by atoms with Crippen LogP contribution in [-0.2, 0) is 7.05 Å². The molecule has 2 heterocycles. The van der Waals surface area contributed by atoms with Crippen LogP contribution in [0, 0.1) is 0 Å². The minimum Gasteiger partial charge on any atom is -0.362 e. The maximum Gasteiger partial charge on any atom is 0.259 e. The fourth-order valence-corrected chi connectivity index (χ4v) is 2.24. The van der Waals surface area contributed by atoms with Crippen LogP contribution in [0.5, 0.6) is 0 Å². The third kappa shape index (κ3) is 2.55. The van der Waals surface area contributed by atoms with Crippen molar-refractivity contribution in [2.24, 2.45) is 7.05 Å². The number of anilines is 1. The van der Waals surface area contributed by atoms with Crippen molar-refractivity contribution in [2.75, 3.05) is 11.9 Å². The molecular weight excluding hydrogens is 234 g/mol. The molecule has 0 spiro atoms. The smallest absolute Gasteiger partial charge is 0.259 e. The van der Waals surface area contributed by atoms with E-state index in [0.717, 1.165) is 23.8 Å². The Morgan fingerprint density at radius 3 is 3.12 bits per heavy atom. The standard InChI is InChI=1S/C12H15N3OS/c1-3-6-13-12-14-10(8-17-12)9-5-4-7-15(2)11(9)16/h4-5,7-8H,3,6H2,1-2H3,(H,13,14). The molecule has 2 rings (SSSR count). The molecule has 0 bridgehead atoms. The highest BCUT2D eigenvalue weighted by Crippen LogP contribution is 2.22. The Bertz CT molecular complexity index is 559. The zero-order valence-electron chi connectivity index (χ0n) is 9.93. The molecule has 0 aliphatic carbocycles. The van der Waals surface area contributed by atoms with Crippen LogP contribution in [0.4, 0.5) is 5.13 Å². The zero-order chi connectivity index (χ0) is 12.3. The lowest BCUT2D eigenvalue weighted by Crippen LogP contribution is -2.17. The quantitative estimate of drug-likeness (QED) is 0.904. The van der Waals surface area contributed by atoms with Crippen molar-refractivity contribution in [3.8, 4) is 11.3 Å².